The summed E-state index contributed by atoms with van der Waals surface area (Å²) in [6.45, 7) is 0. The molecule has 1 heterocycles. The van der Waals surface area contributed by atoms with E-state index in [4.69, 9.17) is 9.57 Å². The molecule has 0 saturated carbocycles. The second-order valence-corrected chi connectivity index (χ2v) is 3.65. The normalized spacial score (nSPS) is 27.6. The van der Waals surface area contributed by atoms with Gasteiger partial charge in [0.05, 0.1) is 0 Å². The smallest absolute Gasteiger partial charge is 0.258 e. The lowest BCUT2D eigenvalue weighted by Gasteiger charge is -2.24. The van der Waals surface area contributed by atoms with Gasteiger partial charge in [0.1, 0.15) is 6.10 Å². The molecule has 1 aliphatic heterocycles. The first kappa shape index (κ1) is 8.53. The molecule has 0 fully saturated rings. The van der Waals surface area contributed by atoms with Crippen LogP contribution in [0.15, 0.2) is 47.6 Å². The molecule has 2 aliphatic rings. The minimum absolute atomic E-state index is 0.00235. The van der Waals surface area contributed by atoms with E-state index in [1.165, 1.54) is 0 Å². The van der Waals surface area contributed by atoms with Crippen LogP contribution in [0.2, 0.25) is 0 Å². The van der Waals surface area contributed by atoms with E-state index < -0.39 is 0 Å². The fourth-order valence-corrected chi connectivity index (χ4v) is 1.80. The largest absolute Gasteiger partial charge is 0.467 e. The highest BCUT2D eigenvalue weighted by atomic mass is 16.7. The standard InChI is InChI=1S/C12H11NO2/c1-2-5-9(6-3-1)12-13-15-11-8-4-7-10(11)14-12/h1-6,8,10-11H,7H2. The number of rotatable bonds is 1. The lowest BCUT2D eigenvalue weighted by atomic mass is 10.2. The number of oxime groups is 1. The van der Waals surface area contributed by atoms with Crippen LogP contribution in [0.25, 0.3) is 0 Å². The average molecular weight is 201 g/mol. The van der Waals surface area contributed by atoms with Crippen molar-refractivity contribution in [3.05, 3.63) is 48.0 Å². The molecule has 0 spiro atoms. The SMILES string of the molecule is C1=CC2ON=C(c3ccccc3)OC2C1. The van der Waals surface area contributed by atoms with Crippen LogP contribution < -0.4 is 0 Å². The Labute approximate surface area is 88.0 Å². The molecule has 1 aromatic rings. The van der Waals surface area contributed by atoms with Crippen LogP contribution in [0.4, 0.5) is 0 Å². The Balaban J connectivity index is 1.85. The summed E-state index contributed by atoms with van der Waals surface area (Å²) in [5, 5.41) is 3.99. The number of hydrogen-bond donors (Lipinski definition) is 0. The quantitative estimate of drug-likeness (QED) is 0.651. The molecule has 0 bridgehead atoms. The Morgan fingerprint density at radius 2 is 2.07 bits per heavy atom. The van der Waals surface area contributed by atoms with E-state index >= 15 is 0 Å². The topological polar surface area (TPSA) is 30.8 Å². The van der Waals surface area contributed by atoms with Gasteiger partial charge in [0.2, 0.25) is 0 Å². The Morgan fingerprint density at radius 3 is 2.93 bits per heavy atom. The third kappa shape index (κ3) is 1.50. The Morgan fingerprint density at radius 1 is 1.20 bits per heavy atom. The van der Waals surface area contributed by atoms with E-state index in [2.05, 4.69) is 11.2 Å². The van der Waals surface area contributed by atoms with Crippen molar-refractivity contribution >= 4 is 5.90 Å². The number of benzene rings is 1. The maximum atomic E-state index is 5.76. The number of fused-ring (bicyclic) bond motifs is 1. The van der Waals surface area contributed by atoms with Crippen LogP contribution in [-0.2, 0) is 9.57 Å². The van der Waals surface area contributed by atoms with Crippen molar-refractivity contribution in [2.24, 2.45) is 5.16 Å². The molecule has 2 unspecified atom stereocenters. The predicted octanol–water partition coefficient (Wildman–Crippen LogP) is 2.09. The first-order valence-electron chi connectivity index (χ1n) is 5.06. The molecule has 76 valence electrons. The van der Waals surface area contributed by atoms with Crippen molar-refractivity contribution in [2.45, 2.75) is 18.6 Å². The molecule has 1 aliphatic carbocycles. The van der Waals surface area contributed by atoms with Gasteiger partial charge in [-0.1, -0.05) is 24.3 Å². The highest BCUT2D eigenvalue weighted by molar-refractivity contribution is 5.94. The highest BCUT2D eigenvalue weighted by Gasteiger charge is 2.31. The van der Waals surface area contributed by atoms with Gasteiger partial charge in [-0.15, -0.1) is 0 Å². The zero-order chi connectivity index (χ0) is 10.1. The van der Waals surface area contributed by atoms with Gasteiger partial charge >= 0.3 is 0 Å². The summed E-state index contributed by atoms with van der Waals surface area (Å²) in [6, 6.07) is 9.81. The van der Waals surface area contributed by atoms with Crippen LogP contribution >= 0.6 is 0 Å². The van der Waals surface area contributed by atoms with E-state index in [0.29, 0.717) is 5.90 Å². The molecule has 15 heavy (non-hydrogen) atoms. The summed E-state index contributed by atoms with van der Waals surface area (Å²) in [6.07, 6.45) is 5.06. The summed E-state index contributed by atoms with van der Waals surface area (Å²) in [5.74, 6) is 0.584. The first-order valence-corrected chi connectivity index (χ1v) is 5.06. The molecule has 0 amide bonds. The lowest BCUT2D eigenvalue weighted by Crippen LogP contribution is -2.32. The van der Waals surface area contributed by atoms with E-state index in [1.807, 2.05) is 36.4 Å². The van der Waals surface area contributed by atoms with Gasteiger partial charge in [0.25, 0.3) is 5.90 Å². The van der Waals surface area contributed by atoms with Crippen molar-refractivity contribution in [2.75, 3.05) is 0 Å². The van der Waals surface area contributed by atoms with Crippen molar-refractivity contribution < 1.29 is 9.57 Å². The minimum atomic E-state index is -0.00235. The second-order valence-electron chi connectivity index (χ2n) is 3.65. The molecule has 3 nitrogen and oxygen atoms in total. The van der Waals surface area contributed by atoms with E-state index in [9.17, 15) is 0 Å². The van der Waals surface area contributed by atoms with Crippen LogP contribution in [0, 0.1) is 0 Å². The summed E-state index contributed by atoms with van der Waals surface area (Å²) in [7, 11) is 0. The van der Waals surface area contributed by atoms with Gasteiger partial charge in [-0.25, -0.2) is 0 Å². The van der Waals surface area contributed by atoms with Crippen LogP contribution in [0.5, 0.6) is 0 Å². The number of hydrogen-bond acceptors (Lipinski definition) is 3. The summed E-state index contributed by atoms with van der Waals surface area (Å²) < 4.78 is 5.76. The van der Waals surface area contributed by atoms with Crippen LogP contribution in [0.3, 0.4) is 0 Å². The molecule has 1 aromatic carbocycles. The Kier molecular flexibility index (Phi) is 1.95. The fraction of sp³-hybridized carbons (Fsp3) is 0.250. The predicted molar refractivity (Wildman–Crippen MR) is 56.5 cm³/mol. The molecule has 0 aromatic heterocycles. The second kappa shape index (κ2) is 3.42. The van der Waals surface area contributed by atoms with Crippen LogP contribution in [-0.4, -0.2) is 18.1 Å². The molecule has 0 N–H and O–H groups in total. The zero-order valence-corrected chi connectivity index (χ0v) is 8.17. The molecular formula is C12H11NO2. The number of ether oxygens (including phenoxy) is 1. The van der Waals surface area contributed by atoms with Crippen molar-refractivity contribution in [1.82, 2.24) is 0 Å². The zero-order valence-electron chi connectivity index (χ0n) is 8.17. The fourth-order valence-electron chi connectivity index (χ4n) is 1.80. The van der Waals surface area contributed by atoms with Gasteiger partial charge in [0, 0.05) is 12.0 Å². The van der Waals surface area contributed by atoms with Gasteiger partial charge in [-0.05, 0) is 23.4 Å². The summed E-state index contributed by atoms with van der Waals surface area (Å²) >= 11 is 0. The van der Waals surface area contributed by atoms with Gasteiger partial charge in [0.15, 0.2) is 6.10 Å². The molecule has 0 saturated heterocycles. The Bertz CT molecular complexity index is 411. The molecule has 3 rings (SSSR count). The third-order valence-electron chi connectivity index (χ3n) is 2.60. The lowest BCUT2D eigenvalue weighted by molar-refractivity contribution is -0.0248. The molecule has 2 atom stereocenters. The molecular weight excluding hydrogens is 190 g/mol. The number of nitrogens with zero attached hydrogens (tertiary/aromatic N) is 1. The molecule has 3 heteroatoms. The highest BCUT2D eigenvalue weighted by Crippen LogP contribution is 2.24. The maximum absolute atomic E-state index is 5.76. The van der Waals surface area contributed by atoms with E-state index in [0.717, 1.165) is 12.0 Å². The van der Waals surface area contributed by atoms with Crippen molar-refractivity contribution in [3.63, 3.8) is 0 Å². The van der Waals surface area contributed by atoms with Crippen LogP contribution in [0.1, 0.15) is 12.0 Å². The Hall–Kier alpha value is -1.77. The minimum Gasteiger partial charge on any atom is -0.467 e. The monoisotopic (exact) mass is 201 g/mol. The summed E-state index contributed by atoms with van der Waals surface area (Å²) in [4.78, 5) is 5.35. The van der Waals surface area contributed by atoms with Gasteiger partial charge in [-0.3, -0.25) is 0 Å². The third-order valence-corrected chi connectivity index (χ3v) is 2.60. The summed E-state index contributed by atoms with van der Waals surface area (Å²) in [5.41, 5.74) is 0.961. The first-order chi connectivity index (χ1) is 7.43. The van der Waals surface area contributed by atoms with E-state index in [-0.39, 0.29) is 12.2 Å². The average Bonchev–Trinajstić information content (AvgIpc) is 2.77. The van der Waals surface area contributed by atoms with Crippen molar-refractivity contribution in [1.29, 1.82) is 0 Å². The van der Waals surface area contributed by atoms with E-state index in [1.54, 1.807) is 0 Å². The maximum Gasteiger partial charge on any atom is 0.258 e. The molecule has 0 radical (unpaired) electrons. The van der Waals surface area contributed by atoms with Crippen molar-refractivity contribution in [3.8, 4) is 0 Å². The van der Waals surface area contributed by atoms with Gasteiger partial charge in [-0.2, -0.15) is 0 Å². The van der Waals surface area contributed by atoms with Gasteiger partial charge < -0.3 is 9.57 Å².